The molecule has 1 unspecified atom stereocenters. The van der Waals surface area contributed by atoms with Crippen LogP contribution in [0.2, 0.25) is 0 Å². The lowest BCUT2D eigenvalue weighted by molar-refractivity contribution is 0.440. The second-order valence-electron chi connectivity index (χ2n) is 5.21. The van der Waals surface area contributed by atoms with Crippen LogP contribution in [0.1, 0.15) is 25.8 Å². The number of hydrogen-bond acceptors (Lipinski definition) is 2. The minimum atomic E-state index is 0.293. The van der Waals surface area contributed by atoms with Gasteiger partial charge in [-0.05, 0) is 56.8 Å². The lowest BCUT2D eigenvalue weighted by Crippen LogP contribution is -2.31. The molecule has 2 rings (SSSR count). The van der Waals surface area contributed by atoms with Crippen LogP contribution in [0.4, 0.5) is 0 Å². The molecule has 0 amide bonds. The molecular weight excluding hydrogens is 186 g/mol. The fraction of sp³-hybridized carbons (Fsp3) is 0.538. The van der Waals surface area contributed by atoms with Crippen molar-refractivity contribution in [1.29, 1.82) is 0 Å². The van der Waals surface area contributed by atoms with Crippen LogP contribution in [0.5, 0.6) is 5.75 Å². The number of benzene rings is 1. The molecule has 2 heteroatoms. The maximum absolute atomic E-state index is 9.19. The fourth-order valence-corrected chi connectivity index (χ4v) is 2.40. The molecule has 1 aliphatic rings. The molecule has 0 spiro atoms. The zero-order valence-corrected chi connectivity index (χ0v) is 9.46. The van der Waals surface area contributed by atoms with Crippen molar-refractivity contribution >= 4 is 0 Å². The van der Waals surface area contributed by atoms with Crippen molar-refractivity contribution in [2.24, 2.45) is 5.92 Å². The van der Waals surface area contributed by atoms with Crippen LogP contribution in [0.15, 0.2) is 24.3 Å². The van der Waals surface area contributed by atoms with Crippen molar-refractivity contribution in [3.63, 3.8) is 0 Å². The third-order valence-corrected chi connectivity index (χ3v) is 3.13. The zero-order valence-electron chi connectivity index (χ0n) is 9.46. The van der Waals surface area contributed by atoms with E-state index in [1.54, 1.807) is 12.1 Å². The molecule has 0 aromatic heterocycles. The van der Waals surface area contributed by atoms with Crippen molar-refractivity contribution in [3.8, 4) is 5.75 Å². The highest BCUT2D eigenvalue weighted by atomic mass is 16.3. The van der Waals surface area contributed by atoms with Gasteiger partial charge in [-0.15, -0.1) is 0 Å². The molecule has 1 fully saturated rings. The Labute approximate surface area is 91.3 Å². The summed E-state index contributed by atoms with van der Waals surface area (Å²) in [6.07, 6.45) is 2.34. The van der Waals surface area contributed by atoms with Gasteiger partial charge in [-0.3, -0.25) is 0 Å². The van der Waals surface area contributed by atoms with Crippen LogP contribution < -0.4 is 5.32 Å². The molecule has 1 saturated heterocycles. The second-order valence-corrected chi connectivity index (χ2v) is 5.21. The molecule has 1 aromatic rings. The van der Waals surface area contributed by atoms with Gasteiger partial charge in [0.2, 0.25) is 0 Å². The quantitative estimate of drug-likeness (QED) is 0.776. The number of phenols is 1. The summed E-state index contributed by atoms with van der Waals surface area (Å²) >= 11 is 0. The molecule has 1 heterocycles. The average molecular weight is 205 g/mol. The van der Waals surface area contributed by atoms with E-state index in [9.17, 15) is 5.11 Å². The van der Waals surface area contributed by atoms with E-state index in [-0.39, 0.29) is 0 Å². The lowest BCUT2D eigenvalue weighted by atomic mass is 9.92. The Morgan fingerprint density at radius 3 is 2.53 bits per heavy atom. The van der Waals surface area contributed by atoms with E-state index in [0.29, 0.717) is 11.3 Å². The number of hydrogen-bond donors (Lipinski definition) is 2. The van der Waals surface area contributed by atoms with Gasteiger partial charge in [0, 0.05) is 5.54 Å². The monoisotopic (exact) mass is 205 g/mol. The van der Waals surface area contributed by atoms with E-state index >= 15 is 0 Å². The predicted octanol–water partition coefficient (Wildman–Crippen LogP) is 2.32. The molecule has 1 atom stereocenters. The van der Waals surface area contributed by atoms with Gasteiger partial charge in [-0.25, -0.2) is 0 Å². The van der Waals surface area contributed by atoms with Crippen molar-refractivity contribution in [3.05, 3.63) is 29.8 Å². The van der Waals surface area contributed by atoms with Gasteiger partial charge in [-0.1, -0.05) is 12.1 Å². The lowest BCUT2D eigenvalue weighted by Gasteiger charge is -2.17. The number of phenolic OH excluding ortho intramolecular Hbond substituents is 1. The van der Waals surface area contributed by atoms with Crippen molar-refractivity contribution < 1.29 is 5.11 Å². The topological polar surface area (TPSA) is 32.3 Å². The fourth-order valence-electron chi connectivity index (χ4n) is 2.40. The summed E-state index contributed by atoms with van der Waals surface area (Å²) in [5.41, 5.74) is 1.61. The van der Waals surface area contributed by atoms with Gasteiger partial charge in [0.1, 0.15) is 5.75 Å². The minimum Gasteiger partial charge on any atom is -0.508 e. The Bertz CT molecular complexity index is 329. The standard InChI is InChI=1S/C13H19NO/c1-13(2)8-11(9-14-13)7-10-3-5-12(15)6-4-10/h3-6,11,14-15H,7-9H2,1-2H3. The summed E-state index contributed by atoms with van der Waals surface area (Å²) in [7, 11) is 0. The highest BCUT2D eigenvalue weighted by molar-refractivity contribution is 5.26. The Morgan fingerprint density at radius 2 is 2.00 bits per heavy atom. The summed E-state index contributed by atoms with van der Waals surface area (Å²) in [5, 5.41) is 12.7. The molecule has 0 aliphatic carbocycles. The third-order valence-electron chi connectivity index (χ3n) is 3.13. The largest absolute Gasteiger partial charge is 0.508 e. The van der Waals surface area contributed by atoms with Gasteiger partial charge in [-0.2, -0.15) is 0 Å². The zero-order chi connectivity index (χ0) is 10.9. The molecule has 82 valence electrons. The Morgan fingerprint density at radius 1 is 1.33 bits per heavy atom. The molecule has 0 saturated carbocycles. The molecular formula is C13H19NO. The summed E-state index contributed by atoms with van der Waals surface area (Å²) in [6, 6.07) is 7.56. The van der Waals surface area contributed by atoms with Gasteiger partial charge < -0.3 is 10.4 Å². The molecule has 1 aliphatic heterocycles. The maximum atomic E-state index is 9.19. The highest BCUT2D eigenvalue weighted by Crippen LogP contribution is 2.26. The molecule has 15 heavy (non-hydrogen) atoms. The van der Waals surface area contributed by atoms with E-state index in [1.165, 1.54) is 12.0 Å². The van der Waals surface area contributed by atoms with Crippen LogP contribution in [-0.4, -0.2) is 17.2 Å². The van der Waals surface area contributed by atoms with Crippen LogP contribution in [0.25, 0.3) is 0 Å². The molecule has 0 radical (unpaired) electrons. The summed E-state index contributed by atoms with van der Waals surface area (Å²) in [6.45, 7) is 5.61. The molecule has 2 nitrogen and oxygen atoms in total. The Kier molecular flexibility index (Phi) is 2.70. The SMILES string of the molecule is CC1(C)CC(Cc2ccc(O)cc2)CN1. The number of rotatable bonds is 2. The first-order valence-electron chi connectivity index (χ1n) is 5.58. The molecule has 2 N–H and O–H groups in total. The molecule has 1 aromatic carbocycles. The first kappa shape index (κ1) is 10.5. The van der Waals surface area contributed by atoms with Gasteiger partial charge >= 0.3 is 0 Å². The van der Waals surface area contributed by atoms with Gasteiger partial charge in [0.05, 0.1) is 0 Å². The average Bonchev–Trinajstić information content (AvgIpc) is 2.50. The molecule has 0 bridgehead atoms. The van der Waals surface area contributed by atoms with Crippen LogP contribution in [-0.2, 0) is 6.42 Å². The minimum absolute atomic E-state index is 0.293. The maximum Gasteiger partial charge on any atom is 0.115 e. The number of aromatic hydroxyl groups is 1. The van der Waals surface area contributed by atoms with E-state index < -0.39 is 0 Å². The first-order valence-corrected chi connectivity index (χ1v) is 5.58. The second kappa shape index (κ2) is 3.86. The third kappa shape index (κ3) is 2.72. The summed E-state index contributed by atoms with van der Waals surface area (Å²) < 4.78 is 0. The Balaban J connectivity index is 1.96. The van der Waals surface area contributed by atoms with Crippen LogP contribution in [0, 0.1) is 5.92 Å². The van der Waals surface area contributed by atoms with E-state index in [2.05, 4.69) is 19.2 Å². The van der Waals surface area contributed by atoms with Crippen molar-refractivity contribution in [2.75, 3.05) is 6.54 Å². The first-order chi connectivity index (χ1) is 7.05. The van der Waals surface area contributed by atoms with Crippen LogP contribution in [0.3, 0.4) is 0 Å². The predicted molar refractivity (Wildman–Crippen MR) is 62.0 cm³/mol. The van der Waals surface area contributed by atoms with Gasteiger partial charge in [0.25, 0.3) is 0 Å². The Hall–Kier alpha value is -1.02. The van der Waals surface area contributed by atoms with Crippen molar-refractivity contribution in [1.82, 2.24) is 5.32 Å². The summed E-state index contributed by atoms with van der Waals surface area (Å²) in [4.78, 5) is 0. The highest BCUT2D eigenvalue weighted by Gasteiger charge is 2.29. The van der Waals surface area contributed by atoms with Crippen LogP contribution >= 0.6 is 0 Å². The van der Waals surface area contributed by atoms with Gasteiger partial charge in [0.15, 0.2) is 0 Å². The van der Waals surface area contributed by atoms with E-state index in [1.807, 2.05) is 12.1 Å². The summed E-state index contributed by atoms with van der Waals surface area (Å²) in [5.74, 6) is 1.08. The van der Waals surface area contributed by atoms with E-state index in [4.69, 9.17) is 0 Å². The number of nitrogens with one attached hydrogen (secondary N) is 1. The smallest absolute Gasteiger partial charge is 0.115 e. The normalized spacial score (nSPS) is 24.3. The van der Waals surface area contributed by atoms with E-state index in [0.717, 1.165) is 18.9 Å². The van der Waals surface area contributed by atoms with Crippen molar-refractivity contribution in [2.45, 2.75) is 32.2 Å².